The van der Waals surface area contributed by atoms with Gasteiger partial charge in [-0.15, -0.1) is 0 Å². The van der Waals surface area contributed by atoms with E-state index in [4.69, 9.17) is 5.73 Å². The Morgan fingerprint density at radius 2 is 1.75 bits per heavy atom. The van der Waals surface area contributed by atoms with Gasteiger partial charge in [0.05, 0.1) is 5.52 Å². The molecule has 0 saturated carbocycles. The highest BCUT2D eigenvalue weighted by molar-refractivity contribution is 5.86. The first-order valence-corrected chi connectivity index (χ1v) is 9.29. The SMILES string of the molecule is NC(=O)[C@H](Cc1ccccc1)NC(=O)CCNCc1cnc2ccccc2c1. The van der Waals surface area contributed by atoms with E-state index in [-0.39, 0.29) is 12.3 Å². The molecule has 0 aliphatic carbocycles. The van der Waals surface area contributed by atoms with Crippen molar-refractivity contribution < 1.29 is 9.59 Å². The van der Waals surface area contributed by atoms with Crippen molar-refractivity contribution in [2.75, 3.05) is 6.54 Å². The molecule has 2 aromatic carbocycles. The first-order valence-electron chi connectivity index (χ1n) is 9.29. The van der Waals surface area contributed by atoms with Gasteiger partial charge in [0.1, 0.15) is 6.04 Å². The predicted octanol–water partition coefficient (Wildman–Crippen LogP) is 1.93. The van der Waals surface area contributed by atoms with Gasteiger partial charge in [-0.3, -0.25) is 14.6 Å². The van der Waals surface area contributed by atoms with Crippen LogP contribution >= 0.6 is 0 Å². The third-order valence-electron chi connectivity index (χ3n) is 4.47. The second-order valence-corrected chi connectivity index (χ2v) is 6.68. The summed E-state index contributed by atoms with van der Waals surface area (Å²) in [6.45, 7) is 1.11. The van der Waals surface area contributed by atoms with Gasteiger partial charge in [-0.25, -0.2) is 0 Å². The molecule has 1 atom stereocenters. The summed E-state index contributed by atoms with van der Waals surface area (Å²) in [4.78, 5) is 28.2. The number of nitrogens with one attached hydrogen (secondary N) is 2. The summed E-state index contributed by atoms with van der Waals surface area (Å²) in [6, 6.07) is 18.8. The van der Waals surface area contributed by atoms with E-state index in [1.54, 1.807) is 0 Å². The lowest BCUT2D eigenvalue weighted by Gasteiger charge is -2.15. The Balaban J connectivity index is 1.44. The number of carbonyl (C=O) groups excluding carboxylic acids is 2. The van der Waals surface area contributed by atoms with Gasteiger partial charge in [0.25, 0.3) is 0 Å². The van der Waals surface area contributed by atoms with Crippen LogP contribution in [0.3, 0.4) is 0 Å². The van der Waals surface area contributed by atoms with E-state index in [1.807, 2.05) is 60.8 Å². The summed E-state index contributed by atoms with van der Waals surface area (Å²) >= 11 is 0. The fourth-order valence-electron chi connectivity index (χ4n) is 2.99. The van der Waals surface area contributed by atoms with Gasteiger partial charge in [0.15, 0.2) is 0 Å². The number of hydrogen-bond donors (Lipinski definition) is 3. The van der Waals surface area contributed by atoms with E-state index in [0.717, 1.165) is 22.0 Å². The molecule has 0 saturated heterocycles. The van der Waals surface area contributed by atoms with Crippen LogP contribution in [0.1, 0.15) is 17.5 Å². The monoisotopic (exact) mass is 376 g/mol. The first kappa shape index (κ1) is 19.5. The third-order valence-corrected chi connectivity index (χ3v) is 4.47. The normalized spacial score (nSPS) is 11.9. The Hall–Kier alpha value is -3.25. The maximum Gasteiger partial charge on any atom is 0.240 e. The molecule has 4 N–H and O–H groups in total. The van der Waals surface area contributed by atoms with Crippen LogP contribution in [0, 0.1) is 0 Å². The van der Waals surface area contributed by atoms with Gasteiger partial charge in [-0.1, -0.05) is 48.5 Å². The van der Waals surface area contributed by atoms with E-state index in [1.165, 1.54) is 0 Å². The van der Waals surface area contributed by atoms with Crippen molar-refractivity contribution in [3.8, 4) is 0 Å². The molecule has 28 heavy (non-hydrogen) atoms. The van der Waals surface area contributed by atoms with Crippen molar-refractivity contribution in [2.45, 2.75) is 25.4 Å². The Labute approximate surface area is 164 Å². The largest absolute Gasteiger partial charge is 0.368 e. The molecule has 1 aromatic heterocycles. The number of aromatic nitrogens is 1. The molecule has 0 aliphatic rings. The number of hydrogen-bond acceptors (Lipinski definition) is 4. The van der Waals surface area contributed by atoms with Crippen LogP contribution in [-0.2, 0) is 22.6 Å². The van der Waals surface area contributed by atoms with E-state index in [2.05, 4.69) is 21.7 Å². The third kappa shape index (κ3) is 5.62. The highest BCUT2D eigenvalue weighted by atomic mass is 16.2. The lowest BCUT2D eigenvalue weighted by atomic mass is 10.1. The molecule has 0 spiro atoms. The van der Waals surface area contributed by atoms with Crippen molar-refractivity contribution >= 4 is 22.7 Å². The Kier molecular flexibility index (Phi) is 6.70. The van der Waals surface area contributed by atoms with E-state index in [9.17, 15) is 9.59 Å². The molecule has 0 radical (unpaired) electrons. The minimum absolute atomic E-state index is 0.205. The summed E-state index contributed by atoms with van der Waals surface area (Å²) < 4.78 is 0. The highest BCUT2D eigenvalue weighted by Crippen LogP contribution is 2.12. The zero-order valence-corrected chi connectivity index (χ0v) is 15.6. The molecular formula is C22H24N4O2. The van der Waals surface area contributed by atoms with Gasteiger partial charge >= 0.3 is 0 Å². The van der Waals surface area contributed by atoms with Crippen LogP contribution in [0.15, 0.2) is 66.9 Å². The van der Waals surface area contributed by atoms with Gasteiger partial charge < -0.3 is 16.4 Å². The number of primary amides is 1. The van der Waals surface area contributed by atoms with Crippen molar-refractivity contribution in [2.24, 2.45) is 5.73 Å². The second kappa shape index (κ2) is 9.62. The second-order valence-electron chi connectivity index (χ2n) is 6.68. The summed E-state index contributed by atoms with van der Waals surface area (Å²) in [5.41, 5.74) is 8.40. The maximum absolute atomic E-state index is 12.2. The van der Waals surface area contributed by atoms with Gasteiger partial charge in [-0.2, -0.15) is 0 Å². The summed E-state index contributed by atoms with van der Waals surface area (Å²) in [5.74, 6) is -0.740. The van der Waals surface area contributed by atoms with Crippen molar-refractivity contribution in [3.05, 3.63) is 78.0 Å². The van der Waals surface area contributed by atoms with E-state index >= 15 is 0 Å². The van der Waals surface area contributed by atoms with Crippen LogP contribution in [0.25, 0.3) is 10.9 Å². The smallest absolute Gasteiger partial charge is 0.240 e. The molecule has 0 unspecified atom stereocenters. The van der Waals surface area contributed by atoms with E-state index in [0.29, 0.717) is 19.5 Å². The number of rotatable bonds is 9. The van der Waals surface area contributed by atoms with Crippen LogP contribution in [0.4, 0.5) is 0 Å². The zero-order valence-electron chi connectivity index (χ0n) is 15.6. The fourth-order valence-corrected chi connectivity index (χ4v) is 2.99. The maximum atomic E-state index is 12.2. The standard InChI is InChI=1S/C22H24N4O2/c23-22(28)20(13-16-6-2-1-3-7-16)26-21(27)10-11-24-14-17-12-18-8-4-5-9-19(18)25-15-17/h1-9,12,15,20,24H,10-11,13-14H2,(H2,23,28)(H,26,27)/t20-/m0/s1. The van der Waals surface area contributed by atoms with Crippen LogP contribution in [0.2, 0.25) is 0 Å². The van der Waals surface area contributed by atoms with E-state index < -0.39 is 11.9 Å². The Morgan fingerprint density at radius 1 is 1.00 bits per heavy atom. The molecule has 3 aromatic rings. The molecule has 1 heterocycles. The number of pyridine rings is 1. The van der Waals surface area contributed by atoms with Gasteiger partial charge in [0.2, 0.25) is 11.8 Å². The molecule has 0 aliphatic heterocycles. The zero-order chi connectivity index (χ0) is 19.8. The molecule has 2 amide bonds. The highest BCUT2D eigenvalue weighted by Gasteiger charge is 2.18. The average Bonchev–Trinajstić information content (AvgIpc) is 2.71. The quantitative estimate of drug-likeness (QED) is 0.497. The lowest BCUT2D eigenvalue weighted by molar-refractivity contribution is -0.127. The molecule has 6 nitrogen and oxygen atoms in total. The number of nitrogens with zero attached hydrogens (tertiary/aromatic N) is 1. The van der Waals surface area contributed by atoms with Gasteiger partial charge in [-0.05, 0) is 23.3 Å². The van der Waals surface area contributed by atoms with Crippen LogP contribution in [0.5, 0.6) is 0 Å². The minimum atomic E-state index is -0.709. The molecule has 0 fully saturated rings. The first-order chi connectivity index (χ1) is 13.6. The minimum Gasteiger partial charge on any atom is -0.368 e. The number of amides is 2. The Morgan fingerprint density at radius 3 is 2.54 bits per heavy atom. The van der Waals surface area contributed by atoms with Crippen molar-refractivity contribution in [3.63, 3.8) is 0 Å². The number of fused-ring (bicyclic) bond motifs is 1. The van der Waals surface area contributed by atoms with Crippen LogP contribution in [-0.4, -0.2) is 29.4 Å². The van der Waals surface area contributed by atoms with Crippen molar-refractivity contribution in [1.29, 1.82) is 0 Å². The Bertz CT molecular complexity index is 943. The summed E-state index contributed by atoms with van der Waals surface area (Å²) in [5, 5.41) is 7.04. The van der Waals surface area contributed by atoms with Crippen LogP contribution < -0.4 is 16.4 Å². The lowest BCUT2D eigenvalue weighted by Crippen LogP contribution is -2.46. The number of benzene rings is 2. The molecular weight excluding hydrogens is 352 g/mol. The topological polar surface area (TPSA) is 97.1 Å². The fraction of sp³-hybridized carbons (Fsp3) is 0.227. The molecule has 144 valence electrons. The number of para-hydroxylation sites is 1. The van der Waals surface area contributed by atoms with Gasteiger partial charge in [0, 0.05) is 37.5 Å². The summed E-state index contributed by atoms with van der Waals surface area (Å²) in [6.07, 6.45) is 2.48. The average molecular weight is 376 g/mol. The molecule has 3 rings (SSSR count). The number of carbonyl (C=O) groups is 2. The van der Waals surface area contributed by atoms with Crippen molar-refractivity contribution in [1.82, 2.24) is 15.6 Å². The number of nitrogens with two attached hydrogens (primary N) is 1. The predicted molar refractivity (Wildman–Crippen MR) is 109 cm³/mol. The molecule has 0 bridgehead atoms. The molecule has 6 heteroatoms. The summed E-state index contributed by atoms with van der Waals surface area (Å²) in [7, 11) is 0.